The van der Waals surface area contributed by atoms with E-state index in [1.165, 1.54) is 4.80 Å². The topological polar surface area (TPSA) is 68.5 Å². The van der Waals surface area contributed by atoms with Crippen molar-refractivity contribution in [3.8, 4) is 5.82 Å². The molecule has 0 bridgehead atoms. The van der Waals surface area contributed by atoms with Crippen molar-refractivity contribution in [2.45, 2.75) is 6.54 Å². The first kappa shape index (κ1) is 8.76. The highest BCUT2D eigenvalue weighted by atomic mass is 15.6. The Balaban J connectivity index is 2.25. The molecule has 0 atom stereocenters. The first-order chi connectivity index (χ1) is 6.90. The molecule has 2 aromatic rings. The van der Waals surface area contributed by atoms with Crippen molar-refractivity contribution in [3.63, 3.8) is 0 Å². The van der Waals surface area contributed by atoms with Crippen molar-refractivity contribution in [2.75, 3.05) is 7.05 Å². The highest BCUT2D eigenvalue weighted by Gasteiger charge is 2.03. The van der Waals surface area contributed by atoms with Gasteiger partial charge in [-0.1, -0.05) is 6.07 Å². The largest absolute Gasteiger partial charge is 0.313 e. The zero-order chi connectivity index (χ0) is 9.80. The summed E-state index contributed by atoms with van der Waals surface area (Å²) in [6, 6.07) is 5.54. The molecule has 1 N–H and O–H groups in total. The van der Waals surface area contributed by atoms with E-state index in [9.17, 15) is 0 Å². The summed E-state index contributed by atoms with van der Waals surface area (Å²) in [7, 11) is 1.83. The molecule has 0 saturated heterocycles. The Morgan fingerprint density at radius 2 is 2.36 bits per heavy atom. The molecule has 0 aliphatic rings. The molecule has 0 amide bonds. The van der Waals surface area contributed by atoms with Crippen LogP contribution in [0.15, 0.2) is 24.4 Å². The number of pyridine rings is 1. The Bertz CT molecular complexity index is 395. The molecule has 72 valence electrons. The van der Waals surface area contributed by atoms with Gasteiger partial charge in [0.05, 0.1) is 6.54 Å². The van der Waals surface area contributed by atoms with Crippen molar-refractivity contribution in [3.05, 3.63) is 30.2 Å². The maximum atomic E-state index is 4.14. The summed E-state index contributed by atoms with van der Waals surface area (Å²) >= 11 is 0. The molecule has 14 heavy (non-hydrogen) atoms. The zero-order valence-corrected chi connectivity index (χ0v) is 7.75. The van der Waals surface area contributed by atoms with E-state index in [-0.39, 0.29) is 0 Å². The van der Waals surface area contributed by atoms with Crippen LogP contribution in [0, 0.1) is 0 Å². The first-order valence-electron chi connectivity index (χ1n) is 4.25. The fraction of sp³-hybridized carbons (Fsp3) is 0.250. The molecule has 0 unspecified atom stereocenters. The van der Waals surface area contributed by atoms with Gasteiger partial charge in [0.1, 0.15) is 0 Å². The lowest BCUT2D eigenvalue weighted by Crippen LogP contribution is -2.07. The molecule has 0 spiro atoms. The van der Waals surface area contributed by atoms with E-state index in [0.29, 0.717) is 18.2 Å². The van der Waals surface area contributed by atoms with E-state index < -0.39 is 0 Å². The van der Waals surface area contributed by atoms with Crippen molar-refractivity contribution in [1.82, 2.24) is 30.5 Å². The van der Waals surface area contributed by atoms with Crippen LogP contribution in [-0.4, -0.2) is 32.2 Å². The second-order valence-electron chi connectivity index (χ2n) is 2.71. The molecule has 0 aromatic carbocycles. The molecule has 0 radical (unpaired) electrons. The summed E-state index contributed by atoms with van der Waals surface area (Å²) in [5.74, 6) is 1.32. The zero-order valence-electron chi connectivity index (χ0n) is 7.75. The lowest BCUT2D eigenvalue weighted by Gasteiger charge is -1.94. The average Bonchev–Trinajstić information content (AvgIpc) is 2.68. The third kappa shape index (κ3) is 1.74. The Morgan fingerprint density at radius 1 is 1.43 bits per heavy atom. The van der Waals surface area contributed by atoms with Gasteiger partial charge in [-0.05, 0) is 24.4 Å². The third-order valence-electron chi connectivity index (χ3n) is 1.64. The molecule has 6 heteroatoms. The standard InChI is InChI=1S/C8H10N6/c1-9-6-7-11-13-14(12-7)8-4-2-3-5-10-8/h2-5,9H,6H2,1H3. The molecule has 0 saturated carbocycles. The molecule has 0 fully saturated rings. The number of tetrazole rings is 1. The number of rotatable bonds is 3. The van der Waals surface area contributed by atoms with E-state index >= 15 is 0 Å². The molecule has 2 rings (SSSR count). The minimum atomic E-state index is 0.604. The summed E-state index contributed by atoms with van der Waals surface area (Å²) in [4.78, 5) is 5.51. The lowest BCUT2D eigenvalue weighted by atomic mass is 10.5. The average molecular weight is 190 g/mol. The molecular weight excluding hydrogens is 180 g/mol. The van der Waals surface area contributed by atoms with Gasteiger partial charge in [-0.25, -0.2) is 4.98 Å². The molecule has 6 nitrogen and oxygen atoms in total. The van der Waals surface area contributed by atoms with Gasteiger partial charge in [0, 0.05) is 6.20 Å². The van der Waals surface area contributed by atoms with Crippen molar-refractivity contribution in [1.29, 1.82) is 0 Å². The highest BCUT2D eigenvalue weighted by Crippen LogP contribution is 1.97. The van der Waals surface area contributed by atoms with E-state index in [4.69, 9.17) is 0 Å². The lowest BCUT2D eigenvalue weighted by molar-refractivity contribution is 0.694. The molecule has 2 aromatic heterocycles. The van der Waals surface area contributed by atoms with Gasteiger partial charge in [0.2, 0.25) is 0 Å². The molecule has 0 aliphatic carbocycles. The van der Waals surface area contributed by atoms with Crippen molar-refractivity contribution in [2.24, 2.45) is 0 Å². The number of hydrogen-bond acceptors (Lipinski definition) is 5. The van der Waals surface area contributed by atoms with Crippen molar-refractivity contribution < 1.29 is 0 Å². The van der Waals surface area contributed by atoms with Crippen LogP contribution < -0.4 is 5.32 Å². The minimum Gasteiger partial charge on any atom is -0.313 e. The van der Waals surface area contributed by atoms with Crippen LogP contribution in [0.25, 0.3) is 5.82 Å². The summed E-state index contributed by atoms with van der Waals surface area (Å²) in [6.07, 6.45) is 1.69. The van der Waals surface area contributed by atoms with Crippen LogP contribution in [0.2, 0.25) is 0 Å². The number of aromatic nitrogens is 5. The number of hydrogen-bond donors (Lipinski definition) is 1. The Labute approximate surface area is 81.0 Å². The molecule has 2 heterocycles. The fourth-order valence-corrected chi connectivity index (χ4v) is 1.04. The maximum absolute atomic E-state index is 4.14. The molecule has 0 aliphatic heterocycles. The first-order valence-corrected chi connectivity index (χ1v) is 4.25. The summed E-state index contributed by atoms with van der Waals surface area (Å²) in [6.45, 7) is 0.604. The van der Waals surface area contributed by atoms with E-state index in [1.807, 2.05) is 25.2 Å². The van der Waals surface area contributed by atoms with Gasteiger partial charge in [0.15, 0.2) is 11.6 Å². The number of nitrogens with one attached hydrogen (secondary N) is 1. The van der Waals surface area contributed by atoms with E-state index in [2.05, 4.69) is 25.7 Å². The second kappa shape index (κ2) is 3.93. The van der Waals surface area contributed by atoms with Crippen molar-refractivity contribution >= 4 is 0 Å². The minimum absolute atomic E-state index is 0.604. The van der Waals surface area contributed by atoms with Crippen LogP contribution in [0.5, 0.6) is 0 Å². The monoisotopic (exact) mass is 190 g/mol. The Morgan fingerprint density at radius 3 is 3.07 bits per heavy atom. The van der Waals surface area contributed by atoms with Gasteiger partial charge in [-0.2, -0.15) is 0 Å². The second-order valence-corrected chi connectivity index (χ2v) is 2.71. The normalized spacial score (nSPS) is 10.4. The summed E-state index contributed by atoms with van der Waals surface area (Å²) < 4.78 is 0. The SMILES string of the molecule is CNCc1nnn(-c2ccccn2)n1. The predicted octanol–water partition coefficient (Wildman–Crippen LogP) is -0.223. The molecular formula is C8H10N6. The fourth-order valence-electron chi connectivity index (χ4n) is 1.04. The van der Waals surface area contributed by atoms with E-state index in [0.717, 1.165) is 0 Å². The third-order valence-corrected chi connectivity index (χ3v) is 1.64. The van der Waals surface area contributed by atoms with E-state index in [1.54, 1.807) is 6.20 Å². The quantitative estimate of drug-likeness (QED) is 0.724. The maximum Gasteiger partial charge on any atom is 0.189 e. The number of nitrogens with zero attached hydrogens (tertiary/aromatic N) is 5. The Hall–Kier alpha value is -1.82. The highest BCUT2D eigenvalue weighted by molar-refractivity contribution is 5.16. The van der Waals surface area contributed by atoms with Crippen LogP contribution >= 0.6 is 0 Å². The van der Waals surface area contributed by atoms with Gasteiger partial charge < -0.3 is 5.32 Å². The summed E-state index contributed by atoms with van der Waals surface area (Å²) in [5, 5.41) is 14.8. The van der Waals surface area contributed by atoms with Crippen LogP contribution in [-0.2, 0) is 6.54 Å². The van der Waals surface area contributed by atoms with Crippen LogP contribution in [0.4, 0.5) is 0 Å². The predicted molar refractivity (Wildman–Crippen MR) is 49.7 cm³/mol. The van der Waals surface area contributed by atoms with Gasteiger partial charge in [-0.3, -0.25) is 0 Å². The van der Waals surface area contributed by atoms with Crippen LogP contribution in [0.3, 0.4) is 0 Å². The smallest absolute Gasteiger partial charge is 0.189 e. The van der Waals surface area contributed by atoms with Crippen LogP contribution in [0.1, 0.15) is 5.82 Å². The Kier molecular flexibility index (Phi) is 2.46. The summed E-state index contributed by atoms with van der Waals surface area (Å²) in [5.41, 5.74) is 0. The van der Waals surface area contributed by atoms with Gasteiger partial charge in [-0.15, -0.1) is 15.0 Å². The van der Waals surface area contributed by atoms with Gasteiger partial charge in [0.25, 0.3) is 0 Å². The van der Waals surface area contributed by atoms with Gasteiger partial charge >= 0.3 is 0 Å².